The average Bonchev–Trinajstić information content (AvgIpc) is 3.17. The molecule has 4 fully saturated rings. The van der Waals surface area contributed by atoms with Crippen molar-refractivity contribution in [3.05, 3.63) is 0 Å². The van der Waals surface area contributed by atoms with Crippen LogP contribution in [-0.2, 0) is 23.7 Å². The first-order valence-corrected chi connectivity index (χ1v) is 14.8. The predicted octanol–water partition coefficient (Wildman–Crippen LogP) is 1.86. The molecule has 4 aliphatic rings. The van der Waals surface area contributed by atoms with E-state index in [0.29, 0.717) is 19.3 Å². The topological polar surface area (TPSA) is 130 Å². The second kappa shape index (κ2) is 11.0. The molecule has 0 aromatic rings. The van der Waals surface area contributed by atoms with Gasteiger partial charge in [-0.25, -0.2) is 0 Å². The second-order valence-electron chi connectivity index (χ2n) is 13.6. The number of aliphatic hydroxyl groups excluding tert-OH is 2. The van der Waals surface area contributed by atoms with Gasteiger partial charge in [-0.2, -0.15) is 0 Å². The van der Waals surface area contributed by atoms with E-state index in [1.807, 2.05) is 53.6 Å². The minimum atomic E-state index is -2.13. The minimum absolute atomic E-state index is 0.0679. The van der Waals surface area contributed by atoms with Crippen molar-refractivity contribution in [3.8, 4) is 0 Å². The Balaban J connectivity index is 1.76. The van der Waals surface area contributed by atoms with Crippen LogP contribution in [0.25, 0.3) is 0 Å². The van der Waals surface area contributed by atoms with Gasteiger partial charge >= 0.3 is 0 Å². The van der Waals surface area contributed by atoms with E-state index in [4.69, 9.17) is 23.7 Å². The predicted molar refractivity (Wildman–Crippen MR) is 143 cm³/mol. The third-order valence-corrected chi connectivity index (χ3v) is 10.2. The Hall–Kier alpha value is -0.400. The average molecular weight is 560 g/mol. The van der Waals surface area contributed by atoms with Crippen LogP contribution in [0, 0.1) is 23.7 Å². The monoisotopic (exact) mass is 559 g/mol. The van der Waals surface area contributed by atoms with Gasteiger partial charge in [-0.15, -0.1) is 0 Å². The molecule has 10 nitrogen and oxygen atoms in total. The highest BCUT2D eigenvalue weighted by atomic mass is 16.8. The third kappa shape index (κ3) is 5.44. The Labute approximate surface area is 233 Å². The molecule has 4 unspecified atom stereocenters. The number of aliphatic hydroxyl groups is 4. The molecule has 228 valence electrons. The van der Waals surface area contributed by atoms with E-state index in [2.05, 4.69) is 6.92 Å². The summed E-state index contributed by atoms with van der Waals surface area (Å²) in [5, 5.41) is 46.3. The number of nitrogens with zero attached hydrogens (tertiary/aromatic N) is 1. The molecule has 39 heavy (non-hydrogen) atoms. The molecular weight excluding hydrogens is 506 g/mol. The summed E-state index contributed by atoms with van der Waals surface area (Å²) in [4.78, 5) is 1.98. The maximum Gasteiger partial charge on any atom is 0.286 e. The van der Waals surface area contributed by atoms with Crippen molar-refractivity contribution >= 4 is 0 Å². The Bertz CT molecular complexity index is 859. The van der Waals surface area contributed by atoms with Gasteiger partial charge in [0.2, 0.25) is 0 Å². The van der Waals surface area contributed by atoms with Crippen LogP contribution in [0.4, 0.5) is 0 Å². The third-order valence-electron chi connectivity index (χ3n) is 10.2. The van der Waals surface area contributed by atoms with Crippen LogP contribution in [0.15, 0.2) is 0 Å². The molecule has 16 atom stereocenters. The normalized spacial score (nSPS) is 56.8. The van der Waals surface area contributed by atoms with Gasteiger partial charge in [-0.05, 0) is 60.0 Å². The SMILES string of the molecule is CC[C@H]1O[C@]2(O)O[C@H]([C@@H](C)C3O[C@](C)(C[C@@H]3C)[C@H](O[C@@H]3OC(C)CC(N(C)C)C3O)[C@@H](C)[C@H](O)[C@H]2C)[C@]1(C)O. The molecule has 4 N–H and O–H groups in total. The Morgan fingerprint density at radius 1 is 0.923 bits per heavy atom. The fourth-order valence-electron chi connectivity index (χ4n) is 7.87. The molecule has 10 heteroatoms. The van der Waals surface area contributed by atoms with Crippen molar-refractivity contribution < 1.29 is 44.1 Å². The minimum Gasteiger partial charge on any atom is -0.392 e. The standard InChI is InChI=1S/C29H53NO9/c1-11-20-28(8,33)25-17(5)23-14(2)13-27(7,38-23)24(16(4)21(31)18(6)29(34,37-20)39-25)36-26-22(32)19(30(9)10)12-15(3)35-26/h14-26,31-34H,11-13H2,1-10H3/t14-,15?,16-,17-,18+,19?,20+,21-,22?,23?,24+,25+,26-,27+,28+,29-/m0/s1. The van der Waals surface area contributed by atoms with Gasteiger partial charge < -0.3 is 49.0 Å². The molecule has 0 spiro atoms. The fraction of sp³-hybridized carbons (Fsp3) is 1.00. The molecule has 0 aromatic heterocycles. The van der Waals surface area contributed by atoms with Gasteiger partial charge in [0.15, 0.2) is 6.29 Å². The van der Waals surface area contributed by atoms with Crippen molar-refractivity contribution in [1.29, 1.82) is 0 Å². The molecule has 0 aromatic carbocycles. The van der Waals surface area contributed by atoms with Gasteiger partial charge in [-0.1, -0.05) is 34.6 Å². The number of hydrogen-bond donors (Lipinski definition) is 4. The zero-order chi connectivity index (χ0) is 29.2. The van der Waals surface area contributed by atoms with E-state index >= 15 is 0 Å². The number of hydrogen-bond acceptors (Lipinski definition) is 10. The lowest BCUT2D eigenvalue weighted by Gasteiger charge is -2.54. The molecule has 4 rings (SSSR count). The highest BCUT2D eigenvalue weighted by Crippen LogP contribution is 2.51. The number of rotatable bonds is 4. The molecule has 0 saturated carbocycles. The van der Waals surface area contributed by atoms with Gasteiger partial charge in [-0.3, -0.25) is 0 Å². The molecular formula is C29H53NO9. The van der Waals surface area contributed by atoms with Crippen LogP contribution in [0.2, 0.25) is 0 Å². The first kappa shape index (κ1) is 31.5. The van der Waals surface area contributed by atoms with Crippen molar-refractivity contribution in [2.24, 2.45) is 23.7 Å². The van der Waals surface area contributed by atoms with E-state index in [1.165, 1.54) is 0 Å². The largest absolute Gasteiger partial charge is 0.392 e. The van der Waals surface area contributed by atoms with E-state index in [9.17, 15) is 20.4 Å². The first-order valence-electron chi connectivity index (χ1n) is 14.8. The molecule has 4 saturated heterocycles. The van der Waals surface area contributed by atoms with Crippen molar-refractivity contribution in [2.75, 3.05) is 14.1 Å². The Kier molecular flexibility index (Phi) is 8.91. The summed E-state index contributed by atoms with van der Waals surface area (Å²) in [5.74, 6) is -3.82. The molecule has 0 radical (unpaired) electrons. The molecule has 4 heterocycles. The van der Waals surface area contributed by atoms with E-state index in [-0.39, 0.29) is 30.1 Å². The zero-order valence-electron chi connectivity index (χ0n) is 25.4. The fourth-order valence-corrected chi connectivity index (χ4v) is 7.87. The highest BCUT2D eigenvalue weighted by Gasteiger charge is 2.63. The van der Waals surface area contributed by atoms with Crippen LogP contribution in [0.5, 0.6) is 0 Å². The Morgan fingerprint density at radius 2 is 1.56 bits per heavy atom. The quantitative estimate of drug-likeness (QED) is 0.405. The highest BCUT2D eigenvalue weighted by molar-refractivity contribution is 5.07. The summed E-state index contributed by atoms with van der Waals surface area (Å²) in [6.07, 6.45) is -3.85. The van der Waals surface area contributed by atoms with Crippen molar-refractivity contribution in [3.63, 3.8) is 0 Å². The smallest absolute Gasteiger partial charge is 0.286 e. The molecule has 4 bridgehead atoms. The van der Waals surface area contributed by atoms with Gasteiger partial charge in [0.1, 0.15) is 11.7 Å². The lowest BCUT2D eigenvalue weighted by molar-refractivity contribution is -0.478. The van der Waals surface area contributed by atoms with Crippen LogP contribution >= 0.6 is 0 Å². The van der Waals surface area contributed by atoms with Gasteiger partial charge in [0.25, 0.3) is 5.97 Å². The lowest BCUT2D eigenvalue weighted by atomic mass is 9.74. The van der Waals surface area contributed by atoms with Gasteiger partial charge in [0, 0.05) is 17.9 Å². The molecule has 0 amide bonds. The van der Waals surface area contributed by atoms with Crippen LogP contribution in [0.1, 0.15) is 74.7 Å². The van der Waals surface area contributed by atoms with Crippen molar-refractivity contribution in [1.82, 2.24) is 4.90 Å². The summed E-state index contributed by atoms with van der Waals surface area (Å²) in [6, 6.07) is -0.153. The van der Waals surface area contributed by atoms with E-state index in [1.54, 1.807) is 13.8 Å². The zero-order valence-corrected chi connectivity index (χ0v) is 25.4. The first-order chi connectivity index (χ1) is 18.0. The van der Waals surface area contributed by atoms with E-state index in [0.717, 1.165) is 0 Å². The lowest BCUT2D eigenvalue weighted by Crippen LogP contribution is -2.68. The number of ether oxygens (including phenoxy) is 5. The number of fused-ring (bicyclic) bond motifs is 4. The summed E-state index contributed by atoms with van der Waals surface area (Å²) < 4.78 is 31.8. The van der Waals surface area contributed by atoms with Crippen LogP contribution in [-0.4, -0.2) is 112 Å². The second-order valence-corrected chi connectivity index (χ2v) is 13.6. The van der Waals surface area contributed by atoms with Crippen LogP contribution in [0.3, 0.4) is 0 Å². The maximum atomic E-state index is 11.7. The molecule has 4 aliphatic heterocycles. The summed E-state index contributed by atoms with van der Waals surface area (Å²) in [6.45, 7) is 15.1. The Morgan fingerprint density at radius 3 is 2.15 bits per heavy atom. The summed E-state index contributed by atoms with van der Waals surface area (Å²) >= 11 is 0. The summed E-state index contributed by atoms with van der Waals surface area (Å²) in [5.41, 5.74) is -2.23. The number of likely N-dealkylation sites (N-methyl/N-ethyl adjacent to an activating group) is 1. The molecule has 0 aliphatic carbocycles. The summed E-state index contributed by atoms with van der Waals surface area (Å²) in [7, 11) is 3.85. The van der Waals surface area contributed by atoms with Gasteiger partial charge in [0.05, 0.1) is 48.1 Å². The van der Waals surface area contributed by atoms with Crippen LogP contribution < -0.4 is 0 Å². The maximum absolute atomic E-state index is 11.7. The van der Waals surface area contributed by atoms with Crippen molar-refractivity contribution in [2.45, 2.75) is 147 Å². The van der Waals surface area contributed by atoms with E-state index < -0.39 is 65.8 Å².